The Morgan fingerprint density at radius 2 is 2.30 bits per heavy atom. The summed E-state index contributed by atoms with van der Waals surface area (Å²) in [4.78, 5) is 0. The molecule has 10 heavy (non-hydrogen) atoms. The first-order chi connectivity index (χ1) is 4.86. The zero-order valence-electron chi connectivity index (χ0n) is 5.94. The number of hydrogen-bond donors (Lipinski definition) is 1. The summed E-state index contributed by atoms with van der Waals surface area (Å²) in [5, 5.41) is 3.21. The van der Waals surface area contributed by atoms with Crippen molar-refractivity contribution in [1.29, 1.82) is 0 Å². The fourth-order valence-electron chi connectivity index (χ4n) is 1.82. The molecule has 1 heterocycles. The fourth-order valence-corrected chi connectivity index (χ4v) is 1.82. The predicted molar refractivity (Wildman–Crippen MR) is 38.3 cm³/mol. The van der Waals surface area contributed by atoms with Gasteiger partial charge in [0.15, 0.2) is 0 Å². The second-order valence-electron chi connectivity index (χ2n) is 3.13. The van der Waals surface area contributed by atoms with Gasteiger partial charge in [-0.25, -0.2) is 4.39 Å². The Morgan fingerprint density at radius 1 is 1.40 bits per heavy atom. The number of rotatable bonds is 0. The standard InChI is InChI=1S/C8H12FN/c9-7-2-1-6-3-4-10-8(6)5-7/h5-7,10H,1-4H2/t6?,7-/m1/s1. The number of hydrogen-bond acceptors (Lipinski definition) is 1. The van der Waals surface area contributed by atoms with Crippen LogP contribution in [0.5, 0.6) is 0 Å². The van der Waals surface area contributed by atoms with Gasteiger partial charge in [-0.3, -0.25) is 0 Å². The summed E-state index contributed by atoms with van der Waals surface area (Å²) in [6.07, 6.45) is 4.05. The molecule has 0 radical (unpaired) electrons. The Balaban J connectivity index is 2.16. The molecule has 2 atom stereocenters. The van der Waals surface area contributed by atoms with Crippen LogP contribution in [0.25, 0.3) is 0 Å². The highest BCUT2D eigenvalue weighted by molar-refractivity contribution is 5.14. The molecular formula is C8H12FN. The van der Waals surface area contributed by atoms with Crippen LogP contribution in [0.4, 0.5) is 4.39 Å². The maximum atomic E-state index is 12.7. The number of halogens is 1. The van der Waals surface area contributed by atoms with Gasteiger partial charge < -0.3 is 5.32 Å². The van der Waals surface area contributed by atoms with Crippen molar-refractivity contribution in [2.24, 2.45) is 5.92 Å². The highest BCUT2D eigenvalue weighted by atomic mass is 19.1. The summed E-state index contributed by atoms with van der Waals surface area (Å²) >= 11 is 0. The molecule has 2 aliphatic rings. The van der Waals surface area contributed by atoms with E-state index in [1.165, 1.54) is 12.1 Å². The molecule has 1 saturated heterocycles. The lowest BCUT2D eigenvalue weighted by Gasteiger charge is -2.18. The third kappa shape index (κ3) is 0.917. The van der Waals surface area contributed by atoms with E-state index in [9.17, 15) is 4.39 Å². The molecule has 1 aliphatic carbocycles. The minimum Gasteiger partial charge on any atom is -0.388 e. The van der Waals surface area contributed by atoms with Gasteiger partial charge >= 0.3 is 0 Å². The SMILES string of the molecule is F[C@H]1C=C2NCCC2CC1. The molecule has 0 aromatic carbocycles. The van der Waals surface area contributed by atoms with E-state index in [4.69, 9.17) is 0 Å². The molecule has 2 heteroatoms. The minimum absolute atomic E-state index is 0.659. The molecular weight excluding hydrogens is 129 g/mol. The van der Waals surface area contributed by atoms with Crippen LogP contribution in [0.3, 0.4) is 0 Å². The zero-order valence-corrected chi connectivity index (χ0v) is 5.94. The Kier molecular flexibility index (Phi) is 1.40. The quantitative estimate of drug-likeness (QED) is 0.540. The molecule has 0 saturated carbocycles. The maximum Gasteiger partial charge on any atom is 0.120 e. The molecule has 0 aromatic rings. The molecule has 1 N–H and O–H groups in total. The van der Waals surface area contributed by atoms with E-state index in [2.05, 4.69) is 5.32 Å². The second kappa shape index (κ2) is 2.26. The molecule has 0 bridgehead atoms. The van der Waals surface area contributed by atoms with Crippen LogP contribution in [0.15, 0.2) is 11.8 Å². The van der Waals surface area contributed by atoms with Crippen LogP contribution in [-0.4, -0.2) is 12.7 Å². The lowest BCUT2D eigenvalue weighted by Crippen LogP contribution is -2.15. The average Bonchev–Trinajstić information content (AvgIpc) is 2.33. The lowest BCUT2D eigenvalue weighted by molar-refractivity contribution is 0.330. The van der Waals surface area contributed by atoms with Gasteiger partial charge in [-0.05, 0) is 25.3 Å². The van der Waals surface area contributed by atoms with Crippen molar-refractivity contribution in [2.75, 3.05) is 6.54 Å². The largest absolute Gasteiger partial charge is 0.388 e. The number of allylic oxidation sites excluding steroid dienone is 2. The van der Waals surface area contributed by atoms with E-state index >= 15 is 0 Å². The van der Waals surface area contributed by atoms with E-state index < -0.39 is 6.17 Å². The van der Waals surface area contributed by atoms with Crippen molar-refractivity contribution in [2.45, 2.75) is 25.4 Å². The van der Waals surface area contributed by atoms with Crippen LogP contribution in [0.1, 0.15) is 19.3 Å². The highest BCUT2D eigenvalue weighted by Crippen LogP contribution is 2.30. The number of nitrogens with one attached hydrogen (secondary N) is 1. The molecule has 1 unspecified atom stereocenters. The molecule has 2 rings (SSSR count). The summed E-state index contributed by atoms with van der Waals surface area (Å²) in [6, 6.07) is 0. The molecule has 0 aromatic heterocycles. The Labute approximate surface area is 60.3 Å². The Hall–Kier alpha value is -0.530. The summed E-state index contributed by atoms with van der Waals surface area (Å²) in [7, 11) is 0. The van der Waals surface area contributed by atoms with Crippen LogP contribution in [0, 0.1) is 5.92 Å². The van der Waals surface area contributed by atoms with Gasteiger partial charge in [0.2, 0.25) is 0 Å². The monoisotopic (exact) mass is 141 g/mol. The second-order valence-corrected chi connectivity index (χ2v) is 3.13. The van der Waals surface area contributed by atoms with E-state index in [0.717, 1.165) is 19.4 Å². The molecule has 1 fully saturated rings. The van der Waals surface area contributed by atoms with Crippen molar-refractivity contribution in [3.8, 4) is 0 Å². The van der Waals surface area contributed by atoms with Crippen molar-refractivity contribution in [3.63, 3.8) is 0 Å². The molecule has 56 valence electrons. The normalized spacial score (nSPS) is 38.3. The molecule has 0 spiro atoms. The van der Waals surface area contributed by atoms with Gasteiger partial charge in [-0.1, -0.05) is 0 Å². The van der Waals surface area contributed by atoms with E-state index in [1.54, 1.807) is 6.08 Å². The van der Waals surface area contributed by atoms with Crippen LogP contribution in [0.2, 0.25) is 0 Å². The third-order valence-corrected chi connectivity index (χ3v) is 2.41. The molecule has 1 aliphatic heterocycles. The first-order valence-corrected chi connectivity index (χ1v) is 3.96. The maximum absolute atomic E-state index is 12.7. The van der Waals surface area contributed by atoms with Gasteiger partial charge in [0.1, 0.15) is 6.17 Å². The van der Waals surface area contributed by atoms with Crippen LogP contribution < -0.4 is 5.32 Å². The first-order valence-electron chi connectivity index (χ1n) is 3.96. The summed E-state index contributed by atoms with van der Waals surface area (Å²) < 4.78 is 12.7. The van der Waals surface area contributed by atoms with Gasteiger partial charge in [-0.2, -0.15) is 0 Å². The summed E-state index contributed by atoms with van der Waals surface area (Å²) in [5.41, 5.74) is 1.17. The van der Waals surface area contributed by atoms with Crippen molar-refractivity contribution < 1.29 is 4.39 Å². The smallest absolute Gasteiger partial charge is 0.120 e. The molecule has 1 nitrogen and oxygen atoms in total. The molecule has 0 amide bonds. The van der Waals surface area contributed by atoms with Crippen LogP contribution in [-0.2, 0) is 0 Å². The number of fused-ring (bicyclic) bond motifs is 1. The van der Waals surface area contributed by atoms with Gasteiger partial charge in [0.05, 0.1) is 0 Å². The predicted octanol–water partition coefficient (Wildman–Crippen LogP) is 1.61. The third-order valence-electron chi connectivity index (χ3n) is 2.41. The average molecular weight is 141 g/mol. The fraction of sp³-hybridized carbons (Fsp3) is 0.750. The Morgan fingerprint density at radius 3 is 3.20 bits per heavy atom. The minimum atomic E-state index is -0.683. The van der Waals surface area contributed by atoms with E-state index in [0.29, 0.717) is 5.92 Å². The van der Waals surface area contributed by atoms with E-state index in [-0.39, 0.29) is 0 Å². The Bertz CT molecular complexity index is 165. The highest BCUT2D eigenvalue weighted by Gasteiger charge is 2.25. The van der Waals surface area contributed by atoms with Gasteiger partial charge in [-0.15, -0.1) is 0 Å². The van der Waals surface area contributed by atoms with Crippen molar-refractivity contribution >= 4 is 0 Å². The topological polar surface area (TPSA) is 12.0 Å². The van der Waals surface area contributed by atoms with Gasteiger partial charge in [0.25, 0.3) is 0 Å². The number of alkyl halides is 1. The lowest BCUT2D eigenvalue weighted by atomic mass is 9.92. The zero-order chi connectivity index (χ0) is 6.97. The first kappa shape index (κ1) is 6.20. The van der Waals surface area contributed by atoms with Gasteiger partial charge in [0, 0.05) is 18.2 Å². The van der Waals surface area contributed by atoms with Crippen molar-refractivity contribution in [1.82, 2.24) is 5.32 Å². The van der Waals surface area contributed by atoms with E-state index in [1.807, 2.05) is 0 Å². The summed E-state index contributed by atoms with van der Waals surface area (Å²) in [6.45, 7) is 1.04. The summed E-state index contributed by atoms with van der Waals surface area (Å²) in [5.74, 6) is 0.659. The van der Waals surface area contributed by atoms with Crippen molar-refractivity contribution in [3.05, 3.63) is 11.8 Å². The van der Waals surface area contributed by atoms with Crippen LogP contribution >= 0.6 is 0 Å².